The molecule has 1 aliphatic carbocycles. The van der Waals surface area contributed by atoms with Crippen LogP contribution in [0.15, 0.2) is 18.2 Å². The lowest BCUT2D eigenvalue weighted by Crippen LogP contribution is -2.27. The largest absolute Gasteiger partial charge is 0.493 e. The normalized spacial score (nSPS) is 16.2. The van der Waals surface area contributed by atoms with Gasteiger partial charge in [-0.25, -0.2) is 0 Å². The Labute approximate surface area is 122 Å². The molecule has 112 valence electrons. The molecule has 0 unspecified atom stereocenters. The van der Waals surface area contributed by atoms with Crippen LogP contribution >= 0.6 is 0 Å². The number of rotatable bonds is 8. The number of para-hydroxylation sites is 1. The molecule has 0 spiro atoms. The summed E-state index contributed by atoms with van der Waals surface area (Å²) >= 11 is 0. The number of nitrogens with one attached hydrogen (secondary N) is 1. The summed E-state index contributed by atoms with van der Waals surface area (Å²) in [6.07, 6.45) is 2.71. The van der Waals surface area contributed by atoms with E-state index in [0.717, 1.165) is 36.1 Å². The second-order valence-corrected chi connectivity index (χ2v) is 6.00. The van der Waals surface area contributed by atoms with Gasteiger partial charge in [0.05, 0.1) is 13.7 Å². The minimum atomic E-state index is 0.533. The fourth-order valence-electron chi connectivity index (χ4n) is 2.77. The van der Waals surface area contributed by atoms with Crippen LogP contribution in [0.25, 0.3) is 0 Å². The lowest BCUT2D eigenvalue weighted by molar-refractivity contribution is 0.307. The summed E-state index contributed by atoms with van der Waals surface area (Å²) in [5.74, 6) is 2.45. The summed E-state index contributed by atoms with van der Waals surface area (Å²) in [6, 6.07) is 6.09. The third-order valence-corrected chi connectivity index (χ3v) is 4.47. The first-order chi connectivity index (χ1) is 9.63. The first-order valence-electron chi connectivity index (χ1n) is 7.62. The van der Waals surface area contributed by atoms with Crippen LogP contribution in [0.1, 0.15) is 39.2 Å². The van der Waals surface area contributed by atoms with Gasteiger partial charge in [-0.15, -0.1) is 0 Å². The molecule has 0 amide bonds. The van der Waals surface area contributed by atoms with E-state index in [1.165, 1.54) is 12.8 Å². The molecule has 0 atom stereocenters. The van der Waals surface area contributed by atoms with Gasteiger partial charge in [-0.05, 0) is 37.2 Å². The molecule has 0 aliphatic heterocycles. The third-order valence-electron chi connectivity index (χ3n) is 4.47. The van der Waals surface area contributed by atoms with E-state index in [2.05, 4.69) is 25.2 Å². The maximum absolute atomic E-state index is 5.61. The molecule has 0 radical (unpaired) electrons. The maximum atomic E-state index is 5.61. The summed E-state index contributed by atoms with van der Waals surface area (Å²) in [4.78, 5) is 0. The van der Waals surface area contributed by atoms with Crippen molar-refractivity contribution in [3.05, 3.63) is 23.8 Å². The van der Waals surface area contributed by atoms with Gasteiger partial charge in [0.15, 0.2) is 11.5 Å². The fourth-order valence-corrected chi connectivity index (χ4v) is 2.77. The maximum Gasteiger partial charge on any atom is 0.165 e. The van der Waals surface area contributed by atoms with Gasteiger partial charge >= 0.3 is 0 Å². The summed E-state index contributed by atoms with van der Waals surface area (Å²) in [6.45, 7) is 9.22. The lowest BCUT2D eigenvalue weighted by Gasteiger charge is -2.21. The molecule has 1 saturated carbocycles. The Morgan fingerprint density at radius 1 is 1.30 bits per heavy atom. The molecule has 1 fully saturated rings. The molecule has 1 aromatic carbocycles. The quantitative estimate of drug-likeness (QED) is 0.787. The average molecular weight is 277 g/mol. The zero-order valence-electron chi connectivity index (χ0n) is 13.2. The van der Waals surface area contributed by atoms with Gasteiger partial charge in [0.2, 0.25) is 0 Å². The van der Waals surface area contributed by atoms with Crippen molar-refractivity contribution < 1.29 is 9.47 Å². The van der Waals surface area contributed by atoms with Crippen LogP contribution in [-0.2, 0) is 6.54 Å². The Kier molecular flexibility index (Phi) is 4.92. The second kappa shape index (κ2) is 6.49. The molecular formula is C17H27NO2. The third kappa shape index (κ3) is 3.26. The van der Waals surface area contributed by atoms with Crippen molar-refractivity contribution in [1.82, 2.24) is 5.32 Å². The lowest BCUT2D eigenvalue weighted by atomic mass is 9.92. The smallest absolute Gasteiger partial charge is 0.165 e. The predicted molar refractivity (Wildman–Crippen MR) is 82.4 cm³/mol. The zero-order valence-corrected chi connectivity index (χ0v) is 13.2. The highest BCUT2D eigenvalue weighted by molar-refractivity contribution is 5.46. The number of benzene rings is 1. The van der Waals surface area contributed by atoms with Crippen LogP contribution in [-0.4, -0.2) is 20.3 Å². The Balaban J connectivity index is 1.97. The second-order valence-electron chi connectivity index (χ2n) is 6.00. The van der Waals surface area contributed by atoms with Gasteiger partial charge in [0.25, 0.3) is 0 Å². The minimum absolute atomic E-state index is 0.533. The van der Waals surface area contributed by atoms with Crippen molar-refractivity contribution in [2.75, 3.05) is 20.3 Å². The number of ether oxygens (including phenoxy) is 2. The highest BCUT2D eigenvalue weighted by atomic mass is 16.5. The van der Waals surface area contributed by atoms with E-state index in [4.69, 9.17) is 9.47 Å². The molecule has 0 heterocycles. The van der Waals surface area contributed by atoms with Gasteiger partial charge in [0.1, 0.15) is 0 Å². The molecule has 3 nitrogen and oxygen atoms in total. The van der Waals surface area contributed by atoms with Crippen molar-refractivity contribution in [3.8, 4) is 11.5 Å². The summed E-state index contributed by atoms with van der Waals surface area (Å²) in [5.41, 5.74) is 1.70. The molecule has 1 N–H and O–H groups in total. The highest BCUT2D eigenvalue weighted by Gasteiger charge is 2.44. The van der Waals surface area contributed by atoms with Crippen molar-refractivity contribution >= 4 is 0 Å². The summed E-state index contributed by atoms with van der Waals surface area (Å²) in [7, 11) is 1.71. The van der Waals surface area contributed by atoms with E-state index in [1.54, 1.807) is 7.11 Å². The first kappa shape index (κ1) is 15.2. The molecule has 1 aliphatic rings. The SMILES string of the molecule is CCOc1cccc(CNCC2(C(C)C)CC2)c1OC. The standard InChI is InChI=1S/C17H27NO2/c1-5-20-15-8-6-7-14(16(15)19-4)11-18-12-17(9-10-17)13(2)3/h6-8,13,18H,5,9-12H2,1-4H3. The molecular weight excluding hydrogens is 250 g/mol. The molecule has 2 rings (SSSR count). The molecule has 1 aromatic rings. The van der Waals surface area contributed by atoms with E-state index in [1.807, 2.05) is 19.1 Å². The molecule has 20 heavy (non-hydrogen) atoms. The fraction of sp³-hybridized carbons (Fsp3) is 0.647. The van der Waals surface area contributed by atoms with E-state index < -0.39 is 0 Å². The Morgan fingerprint density at radius 2 is 2.05 bits per heavy atom. The topological polar surface area (TPSA) is 30.5 Å². The van der Waals surface area contributed by atoms with Gasteiger partial charge in [-0.2, -0.15) is 0 Å². The minimum Gasteiger partial charge on any atom is -0.493 e. The average Bonchev–Trinajstić information content (AvgIpc) is 3.21. The molecule has 0 aromatic heterocycles. The van der Waals surface area contributed by atoms with Gasteiger partial charge < -0.3 is 14.8 Å². The van der Waals surface area contributed by atoms with Crippen LogP contribution < -0.4 is 14.8 Å². The van der Waals surface area contributed by atoms with Crippen LogP contribution in [0, 0.1) is 11.3 Å². The van der Waals surface area contributed by atoms with Crippen molar-refractivity contribution in [2.45, 2.75) is 40.2 Å². The Bertz CT molecular complexity index is 439. The van der Waals surface area contributed by atoms with Crippen LogP contribution in [0.3, 0.4) is 0 Å². The Hall–Kier alpha value is -1.22. The monoisotopic (exact) mass is 277 g/mol. The first-order valence-corrected chi connectivity index (χ1v) is 7.62. The van der Waals surface area contributed by atoms with Gasteiger partial charge in [-0.3, -0.25) is 0 Å². The van der Waals surface area contributed by atoms with Gasteiger partial charge in [0, 0.05) is 18.7 Å². The summed E-state index contributed by atoms with van der Waals surface area (Å²) < 4.78 is 11.1. The number of hydrogen-bond donors (Lipinski definition) is 1. The number of hydrogen-bond acceptors (Lipinski definition) is 3. The molecule has 0 saturated heterocycles. The van der Waals surface area contributed by atoms with E-state index in [0.29, 0.717) is 12.0 Å². The van der Waals surface area contributed by atoms with Gasteiger partial charge in [-0.1, -0.05) is 26.0 Å². The van der Waals surface area contributed by atoms with Crippen LogP contribution in [0.4, 0.5) is 0 Å². The van der Waals surface area contributed by atoms with Crippen molar-refractivity contribution in [3.63, 3.8) is 0 Å². The Morgan fingerprint density at radius 3 is 2.60 bits per heavy atom. The highest BCUT2D eigenvalue weighted by Crippen LogP contribution is 2.51. The molecule has 0 bridgehead atoms. The summed E-state index contributed by atoms with van der Waals surface area (Å²) in [5, 5.41) is 3.59. The number of methoxy groups -OCH3 is 1. The van der Waals surface area contributed by atoms with Crippen LogP contribution in [0.2, 0.25) is 0 Å². The molecule has 3 heteroatoms. The zero-order chi connectivity index (χ0) is 14.6. The van der Waals surface area contributed by atoms with E-state index in [9.17, 15) is 0 Å². The van der Waals surface area contributed by atoms with Crippen LogP contribution in [0.5, 0.6) is 11.5 Å². The predicted octanol–water partition coefficient (Wildman–Crippen LogP) is 3.62. The van der Waals surface area contributed by atoms with E-state index >= 15 is 0 Å². The van der Waals surface area contributed by atoms with Crippen molar-refractivity contribution in [2.24, 2.45) is 11.3 Å². The van der Waals surface area contributed by atoms with E-state index in [-0.39, 0.29) is 0 Å². The van der Waals surface area contributed by atoms with Crippen molar-refractivity contribution in [1.29, 1.82) is 0 Å².